The molecular weight excluding hydrogens is 270 g/mol. The van der Waals surface area contributed by atoms with Gasteiger partial charge in [-0.2, -0.15) is 0 Å². The number of hydrogen-bond donors (Lipinski definition) is 1. The van der Waals surface area contributed by atoms with Crippen molar-refractivity contribution in [3.8, 4) is 0 Å². The molecule has 0 bridgehead atoms. The quantitative estimate of drug-likeness (QED) is 0.761. The molecular formula is C16H29NO4. The normalized spacial score (nSPS) is 17.0. The minimum atomic E-state index is -0.329. The van der Waals surface area contributed by atoms with Gasteiger partial charge in [0.1, 0.15) is 5.78 Å². The summed E-state index contributed by atoms with van der Waals surface area (Å²) in [5, 5.41) is 2.03. The molecule has 0 saturated carbocycles. The lowest BCUT2D eigenvalue weighted by atomic mass is 9.75. The zero-order valence-corrected chi connectivity index (χ0v) is 13.8. The Balaban J connectivity index is 0. The molecule has 5 heteroatoms. The molecule has 5 nitrogen and oxygen atoms in total. The summed E-state index contributed by atoms with van der Waals surface area (Å²) < 4.78 is 0. The predicted molar refractivity (Wildman–Crippen MR) is 83.7 cm³/mol. The van der Waals surface area contributed by atoms with Crippen LogP contribution in [-0.4, -0.2) is 23.1 Å². The Kier molecular flexibility index (Phi) is 10.7. The van der Waals surface area contributed by atoms with Crippen LogP contribution in [0.15, 0.2) is 12.2 Å². The van der Waals surface area contributed by atoms with E-state index < -0.39 is 0 Å². The molecule has 0 aliphatic carbocycles. The molecule has 0 spiro atoms. The molecule has 122 valence electrons. The monoisotopic (exact) mass is 299 g/mol. The van der Waals surface area contributed by atoms with Gasteiger partial charge in [0, 0.05) is 18.6 Å². The van der Waals surface area contributed by atoms with E-state index in [2.05, 4.69) is 27.7 Å². The predicted octanol–water partition coefficient (Wildman–Crippen LogP) is 2.19. The number of Topliss-reactive ketones (excluding diaryl/α,β-unsaturated/α-hetero) is 1. The Morgan fingerprint density at radius 2 is 1.71 bits per heavy atom. The largest absolute Gasteiger partial charge is 0.412 e. The third-order valence-electron chi connectivity index (χ3n) is 3.70. The second kappa shape index (κ2) is 10.3. The number of hydrogen-bond acceptors (Lipinski definition) is 3. The summed E-state index contributed by atoms with van der Waals surface area (Å²) in [6, 6.07) is 0. The average molecular weight is 299 g/mol. The number of ketones is 1. The van der Waals surface area contributed by atoms with Crippen LogP contribution in [0.4, 0.5) is 0 Å². The van der Waals surface area contributed by atoms with Crippen molar-refractivity contribution < 1.29 is 19.9 Å². The molecule has 1 aliphatic heterocycles. The van der Waals surface area contributed by atoms with Gasteiger partial charge in [0.15, 0.2) is 0 Å². The van der Waals surface area contributed by atoms with Crippen LogP contribution in [0.1, 0.15) is 60.3 Å². The van der Waals surface area contributed by atoms with E-state index >= 15 is 0 Å². The fourth-order valence-electron chi connectivity index (χ4n) is 2.28. The maximum Gasteiger partial charge on any atom is 0.250 e. The average Bonchev–Trinajstić information content (AvgIpc) is 2.72. The minimum Gasteiger partial charge on any atom is -0.412 e. The van der Waals surface area contributed by atoms with Crippen molar-refractivity contribution in [2.75, 3.05) is 0 Å². The van der Waals surface area contributed by atoms with Gasteiger partial charge in [0.25, 0.3) is 11.8 Å². The van der Waals surface area contributed by atoms with Gasteiger partial charge in [-0.1, -0.05) is 40.5 Å². The zero-order chi connectivity index (χ0) is 15.8. The Labute approximate surface area is 127 Å². The molecule has 0 aromatic heterocycles. The van der Waals surface area contributed by atoms with Gasteiger partial charge in [-0.3, -0.25) is 14.9 Å². The van der Waals surface area contributed by atoms with Crippen LogP contribution in [0, 0.1) is 11.3 Å². The van der Waals surface area contributed by atoms with E-state index in [1.54, 1.807) is 6.92 Å². The van der Waals surface area contributed by atoms with Gasteiger partial charge in [-0.15, -0.1) is 0 Å². The van der Waals surface area contributed by atoms with Crippen LogP contribution in [-0.2, 0) is 14.4 Å². The van der Waals surface area contributed by atoms with Gasteiger partial charge in [-0.25, -0.2) is 0 Å². The maximum atomic E-state index is 11.1. The van der Waals surface area contributed by atoms with Crippen LogP contribution in [0.3, 0.4) is 0 Å². The molecule has 1 rings (SSSR count). The maximum absolute atomic E-state index is 11.1. The van der Waals surface area contributed by atoms with E-state index in [9.17, 15) is 14.4 Å². The molecule has 2 unspecified atom stereocenters. The van der Waals surface area contributed by atoms with Gasteiger partial charge >= 0.3 is 0 Å². The van der Waals surface area contributed by atoms with Crippen LogP contribution in [0.5, 0.6) is 0 Å². The molecule has 0 aromatic carbocycles. The molecule has 21 heavy (non-hydrogen) atoms. The smallest absolute Gasteiger partial charge is 0.250 e. The summed E-state index contributed by atoms with van der Waals surface area (Å²) in [5.41, 5.74) is 0.237. The van der Waals surface area contributed by atoms with E-state index in [-0.39, 0.29) is 22.7 Å². The molecule has 1 heterocycles. The van der Waals surface area contributed by atoms with Crippen LogP contribution < -0.4 is 5.32 Å². The Morgan fingerprint density at radius 3 is 1.95 bits per heavy atom. The minimum absolute atomic E-state index is 0. The molecule has 1 aliphatic rings. The second-order valence-corrected chi connectivity index (χ2v) is 5.95. The summed E-state index contributed by atoms with van der Waals surface area (Å²) in [6.07, 6.45) is 6.64. The first-order valence-corrected chi connectivity index (χ1v) is 7.25. The highest BCUT2D eigenvalue weighted by Gasteiger charge is 2.25. The Morgan fingerprint density at radius 1 is 1.24 bits per heavy atom. The highest BCUT2D eigenvalue weighted by atomic mass is 16.2. The van der Waals surface area contributed by atoms with E-state index in [4.69, 9.17) is 0 Å². The standard InChI is InChI=1S/C12H24O.C4H3NO2.H2O/c1-6-10(3)8-12(5,7-2)9-11(4)13;6-3-1-2-4(7)5-3;/h10H,6-9H2,1-5H3;1-2H,(H,5,6,7);1H2. The number of amides is 2. The zero-order valence-electron chi connectivity index (χ0n) is 13.8. The fraction of sp³-hybridized carbons (Fsp3) is 0.688. The fourth-order valence-corrected chi connectivity index (χ4v) is 2.28. The first kappa shape index (κ1) is 21.8. The molecule has 2 atom stereocenters. The highest BCUT2D eigenvalue weighted by Crippen LogP contribution is 2.34. The molecule has 0 radical (unpaired) electrons. The van der Waals surface area contributed by atoms with Crippen LogP contribution >= 0.6 is 0 Å². The summed E-state index contributed by atoms with van der Waals surface area (Å²) in [7, 11) is 0. The van der Waals surface area contributed by atoms with Gasteiger partial charge in [0.2, 0.25) is 0 Å². The lowest BCUT2D eigenvalue weighted by Crippen LogP contribution is -2.21. The lowest BCUT2D eigenvalue weighted by Gasteiger charge is -2.29. The summed E-state index contributed by atoms with van der Waals surface area (Å²) in [5.74, 6) is 0.409. The molecule has 0 aromatic rings. The van der Waals surface area contributed by atoms with Crippen molar-refractivity contribution >= 4 is 17.6 Å². The van der Waals surface area contributed by atoms with E-state index in [0.29, 0.717) is 5.78 Å². The van der Waals surface area contributed by atoms with E-state index in [1.807, 2.05) is 5.32 Å². The van der Waals surface area contributed by atoms with E-state index in [0.717, 1.165) is 18.8 Å². The summed E-state index contributed by atoms with van der Waals surface area (Å²) >= 11 is 0. The molecule has 0 fully saturated rings. The Hall–Kier alpha value is -1.49. The van der Waals surface area contributed by atoms with Gasteiger partial charge in [0.05, 0.1) is 0 Å². The third-order valence-corrected chi connectivity index (χ3v) is 3.70. The van der Waals surface area contributed by atoms with Crippen LogP contribution in [0.25, 0.3) is 0 Å². The highest BCUT2D eigenvalue weighted by molar-refractivity contribution is 6.12. The lowest BCUT2D eigenvalue weighted by molar-refractivity contribution is -0.123. The molecule has 3 N–H and O–H groups in total. The van der Waals surface area contributed by atoms with Gasteiger partial charge < -0.3 is 10.3 Å². The van der Waals surface area contributed by atoms with E-state index in [1.165, 1.54) is 25.0 Å². The molecule has 0 saturated heterocycles. The van der Waals surface area contributed by atoms with Crippen molar-refractivity contribution in [3.05, 3.63) is 12.2 Å². The summed E-state index contributed by atoms with van der Waals surface area (Å²) in [4.78, 5) is 31.2. The van der Waals surface area contributed by atoms with Crippen molar-refractivity contribution in [1.82, 2.24) is 5.32 Å². The SMILES string of the molecule is CCC(C)CC(C)(CC)CC(C)=O.O.O=C1C=CC(=O)N1. The first-order valence-electron chi connectivity index (χ1n) is 7.25. The van der Waals surface area contributed by atoms with Crippen molar-refractivity contribution in [1.29, 1.82) is 0 Å². The first-order chi connectivity index (χ1) is 9.22. The summed E-state index contributed by atoms with van der Waals surface area (Å²) in [6.45, 7) is 10.6. The number of imide groups is 1. The topological polar surface area (TPSA) is 94.7 Å². The number of carbonyl (C=O) groups is 3. The molecule has 2 amide bonds. The number of rotatable bonds is 6. The number of carbonyl (C=O) groups excluding carboxylic acids is 3. The van der Waals surface area contributed by atoms with Crippen LogP contribution in [0.2, 0.25) is 0 Å². The number of nitrogens with one attached hydrogen (secondary N) is 1. The second-order valence-electron chi connectivity index (χ2n) is 5.95. The van der Waals surface area contributed by atoms with Crippen molar-refractivity contribution in [2.45, 2.75) is 60.3 Å². The van der Waals surface area contributed by atoms with Crippen molar-refractivity contribution in [2.24, 2.45) is 11.3 Å². The van der Waals surface area contributed by atoms with Crippen molar-refractivity contribution in [3.63, 3.8) is 0 Å². The Bertz CT molecular complexity index is 374. The van der Waals surface area contributed by atoms with Gasteiger partial charge in [-0.05, 0) is 24.7 Å². The third kappa shape index (κ3) is 9.96.